The number of aromatic nitrogens is 2. The van der Waals surface area contributed by atoms with Gasteiger partial charge in [-0.1, -0.05) is 6.92 Å². The van der Waals surface area contributed by atoms with E-state index in [1.165, 1.54) is 30.3 Å². The van der Waals surface area contributed by atoms with Crippen LogP contribution in [-0.4, -0.2) is 46.6 Å². The molecule has 1 aromatic heterocycles. The van der Waals surface area contributed by atoms with Crippen LogP contribution in [0, 0.1) is 5.82 Å². The van der Waals surface area contributed by atoms with E-state index in [9.17, 15) is 22.4 Å². The first-order valence-corrected chi connectivity index (χ1v) is 9.19. The van der Waals surface area contributed by atoms with Gasteiger partial charge in [-0.3, -0.25) is 4.79 Å². The second-order valence-corrected chi connectivity index (χ2v) is 6.30. The molecule has 1 amide bonds. The van der Waals surface area contributed by atoms with Crippen molar-refractivity contribution >= 4 is 35.1 Å². The van der Waals surface area contributed by atoms with Gasteiger partial charge in [-0.15, -0.1) is 0 Å². The predicted molar refractivity (Wildman–Crippen MR) is 112 cm³/mol. The van der Waals surface area contributed by atoms with Gasteiger partial charge in [0.25, 0.3) is 0 Å². The highest BCUT2D eigenvalue weighted by Crippen LogP contribution is 2.15. The molecule has 1 atom stereocenters. The highest BCUT2D eigenvalue weighted by atomic mass is 19.4. The number of hydrogen-bond donors (Lipinski definition) is 5. The molecule has 0 saturated carbocycles. The number of carbonyl (C=O) groups excluding carboxylic acids is 1. The van der Waals surface area contributed by atoms with Gasteiger partial charge in [0, 0.05) is 11.8 Å². The summed E-state index contributed by atoms with van der Waals surface area (Å²) >= 11 is 0. The zero-order chi connectivity index (χ0) is 23.7. The number of alkyl halides is 3. The van der Waals surface area contributed by atoms with Crippen LogP contribution in [0.15, 0.2) is 46.6 Å². The molecule has 0 radical (unpaired) electrons. The van der Waals surface area contributed by atoms with Gasteiger partial charge >= 0.3 is 6.18 Å². The standard InChI is InChI=1S/C18H21F4N9O/c1-2-12(15(32)25-8-18(20,21)22)29-13-7-14(27-9-26-13)30-17(24)31-16(23)28-11-5-3-10(19)4-6-11/h3-7,9,12H,2,8H2,1H3,(H,25,32)(H6,23,24,26,27,28,29,30,31)/t12-/m0/s1. The zero-order valence-electron chi connectivity index (χ0n) is 16.8. The lowest BCUT2D eigenvalue weighted by atomic mass is 10.2. The molecule has 0 aliphatic heterocycles. The van der Waals surface area contributed by atoms with Gasteiger partial charge < -0.3 is 27.4 Å². The number of amides is 1. The first kappa shape index (κ1) is 24.3. The van der Waals surface area contributed by atoms with Crippen molar-refractivity contribution in [3.63, 3.8) is 0 Å². The minimum absolute atomic E-state index is 0.0592. The summed E-state index contributed by atoms with van der Waals surface area (Å²) in [5, 5.41) is 7.22. The van der Waals surface area contributed by atoms with Crippen LogP contribution < -0.4 is 27.4 Å². The van der Waals surface area contributed by atoms with Crippen LogP contribution in [0.2, 0.25) is 0 Å². The van der Waals surface area contributed by atoms with E-state index in [-0.39, 0.29) is 30.0 Å². The van der Waals surface area contributed by atoms with E-state index in [4.69, 9.17) is 11.5 Å². The van der Waals surface area contributed by atoms with Crippen LogP contribution in [0.5, 0.6) is 0 Å². The van der Waals surface area contributed by atoms with Crippen LogP contribution >= 0.6 is 0 Å². The largest absolute Gasteiger partial charge is 0.405 e. The molecule has 172 valence electrons. The third kappa shape index (κ3) is 8.41. The molecule has 1 aromatic carbocycles. The molecule has 10 nitrogen and oxygen atoms in total. The van der Waals surface area contributed by atoms with Gasteiger partial charge in [0.1, 0.15) is 30.5 Å². The molecule has 0 bridgehead atoms. The maximum Gasteiger partial charge on any atom is 0.405 e. The lowest BCUT2D eigenvalue weighted by Gasteiger charge is -2.18. The number of nitrogens with zero attached hydrogens (tertiary/aromatic N) is 4. The van der Waals surface area contributed by atoms with Crippen molar-refractivity contribution in [1.29, 1.82) is 0 Å². The highest BCUT2D eigenvalue weighted by molar-refractivity contribution is 6.01. The zero-order valence-corrected chi connectivity index (χ0v) is 16.8. The Morgan fingerprint density at radius 3 is 2.50 bits per heavy atom. The molecule has 1 heterocycles. The maximum absolute atomic E-state index is 12.9. The topological polar surface area (TPSA) is 156 Å². The lowest BCUT2D eigenvalue weighted by molar-refractivity contribution is -0.138. The Morgan fingerprint density at radius 2 is 1.88 bits per heavy atom. The molecule has 0 aliphatic carbocycles. The number of nitrogens with two attached hydrogens (primary N) is 2. The van der Waals surface area contributed by atoms with E-state index >= 15 is 0 Å². The SMILES string of the molecule is CC[C@H](Nc1cc(N=C(N)/N=C(\N)Nc2ccc(F)cc2)ncn1)C(=O)NCC(F)(F)F. The summed E-state index contributed by atoms with van der Waals surface area (Å²) < 4.78 is 49.8. The van der Waals surface area contributed by atoms with Gasteiger partial charge in [0.05, 0.1) is 0 Å². The molecule has 0 fully saturated rings. The third-order valence-electron chi connectivity index (χ3n) is 3.74. The van der Waals surface area contributed by atoms with Crippen molar-refractivity contribution < 1.29 is 22.4 Å². The summed E-state index contributed by atoms with van der Waals surface area (Å²) in [6.45, 7) is 0.180. The number of nitrogens with one attached hydrogen (secondary N) is 3. The summed E-state index contributed by atoms with van der Waals surface area (Å²) in [6, 6.07) is 5.72. The summed E-state index contributed by atoms with van der Waals surface area (Å²) in [7, 11) is 0. The fraction of sp³-hybridized carbons (Fsp3) is 0.278. The molecular weight excluding hydrogens is 434 g/mol. The molecule has 2 aromatic rings. The molecule has 32 heavy (non-hydrogen) atoms. The number of hydrogen-bond acceptors (Lipinski definition) is 5. The number of benzene rings is 1. The fourth-order valence-electron chi connectivity index (χ4n) is 2.30. The van der Waals surface area contributed by atoms with E-state index in [0.717, 1.165) is 6.33 Å². The van der Waals surface area contributed by atoms with Crippen LogP contribution in [0.4, 0.5) is 34.9 Å². The van der Waals surface area contributed by atoms with Crippen molar-refractivity contribution in [3.05, 3.63) is 42.5 Å². The van der Waals surface area contributed by atoms with E-state index in [0.29, 0.717) is 5.69 Å². The molecule has 0 saturated heterocycles. The van der Waals surface area contributed by atoms with Gasteiger partial charge in [-0.05, 0) is 30.7 Å². The van der Waals surface area contributed by atoms with E-state index in [2.05, 4.69) is 30.6 Å². The van der Waals surface area contributed by atoms with Crippen molar-refractivity contribution in [2.75, 3.05) is 17.2 Å². The number of guanidine groups is 2. The maximum atomic E-state index is 12.9. The second-order valence-electron chi connectivity index (χ2n) is 6.30. The van der Waals surface area contributed by atoms with Crippen molar-refractivity contribution in [2.24, 2.45) is 21.5 Å². The summed E-state index contributed by atoms with van der Waals surface area (Å²) in [5.74, 6) is -1.43. The molecule has 2 rings (SSSR count). The van der Waals surface area contributed by atoms with Gasteiger partial charge in [-0.25, -0.2) is 14.4 Å². The summed E-state index contributed by atoms with van der Waals surface area (Å²) in [5.41, 5.74) is 11.9. The Morgan fingerprint density at radius 1 is 1.19 bits per heavy atom. The Balaban J connectivity index is 2.04. The van der Waals surface area contributed by atoms with Gasteiger partial charge in [0.2, 0.25) is 17.8 Å². The Labute approximate surface area is 180 Å². The third-order valence-corrected chi connectivity index (χ3v) is 3.74. The second kappa shape index (κ2) is 10.9. The predicted octanol–water partition coefficient (Wildman–Crippen LogP) is 1.86. The quantitative estimate of drug-likeness (QED) is 0.242. The minimum atomic E-state index is -4.52. The number of anilines is 2. The Hall–Kier alpha value is -3.97. The minimum Gasteiger partial charge on any atom is -0.369 e. The van der Waals surface area contributed by atoms with Crippen LogP contribution in [0.25, 0.3) is 0 Å². The van der Waals surface area contributed by atoms with E-state index in [1.807, 2.05) is 5.32 Å². The van der Waals surface area contributed by atoms with Gasteiger partial charge in [-0.2, -0.15) is 23.2 Å². The smallest absolute Gasteiger partial charge is 0.369 e. The lowest BCUT2D eigenvalue weighted by Crippen LogP contribution is -2.43. The number of rotatable bonds is 7. The van der Waals surface area contributed by atoms with Crippen LogP contribution in [0.3, 0.4) is 0 Å². The summed E-state index contributed by atoms with van der Waals surface area (Å²) in [6.07, 6.45) is -3.20. The first-order chi connectivity index (χ1) is 15.1. The van der Waals surface area contributed by atoms with Crippen molar-refractivity contribution in [2.45, 2.75) is 25.6 Å². The van der Waals surface area contributed by atoms with Crippen LogP contribution in [-0.2, 0) is 4.79 Å². The fourth-order valence-corrected chi connectivity index (χ4v) is 2.30. The normalized spacial score (nSPS) is 13.4. The Bertz CT molecular complexity index is 977. The average molecular weight is 455 g/mol. The molecule has 14 heteroatoms. The van der Waals surface area contributed by atoms with Crippen molar-refractivity contribution in [3.8, 4) is 0 Å². The number of carbonyl (C=O) groups is 1. The van der Waals surface area contributed by atoms with E-state index < -0.39 is 30.5 Å². The Kier molecular flexibility index (Phi) is 8.26. The molecule has 7 N–H and O–H groups in total. The van der Waals surface area contributed by atoms with E-state index in [1.54, 1.807) is 6.92 Å². The molecular formula is C18H21F4N9O. The number of aliphatic imine (C=N–C) groups is 2. The van der Waals surface area contributed by atoms with Crippen LogP contribution in [0.1, 0.15) is 13.3 Å². The van der Waals surface area contributed by atoms with Gasteiger partial charge in [0.15, 0.2) is 5.82 Å². The van der Waals surface area contributed by atoms with Crippen molar-refractivity contribution in [1.82, 2.24) is 15.3 Å². The number of halogens is 4. The monoisotopic (exact) mass is 455 g/mol. The summed E-state index contributed by atoms with van der Waals surface area (Å²) in [4.78, 5) is 27.5. The first-order valence-electron chi connectivity index (χ1n) is 9.19. The molecule has 0 aliphatic rings. The average Bonchev–Trinajstić information content (AvgIpc) is 2.71. The molecule has 0 spiro atoms. The molecule has 0 unspecified atom stereocenters. The highest BCUT2D eigenvalue weighted by Gasteiger charge is 2.29.